The molecule has 2 unspecified atom stereocenters. The summed E-state index contributed by atoms with van der Waals surface area (Å²) in [5.41, 5.74) is 4.68. The van der Waals surface area contributed by atoms with Crippen molar-refractivity contribution in [1.82, 2.24) is 5.01 Å². The van der Waals surface area contributed by atoms with E-state index in [1.54, 1.807) is 0 Å². The van der Waals surface area contributed by atoms with Gasteiger partial charge in [-0.25, -0.2) is 9.40 Å². The van der Waals surface area contributed by atoms with Crippen LogP contribution in [0.25, 0.3) is 0 Å². The summed E-state index contributed by atoms with van der Waals surface area (Å²) in [7, 11) is 0. The van der Waals surface area contributed by atoms with Crippen molar-refractivity contribution in [1.29, 1.82) is 0 Å². The van der Waals surface area contributed by atoms with Crippen molar-refractivity contribution < 1.29 is 14.0 Å². The molecule has 3 aromatic carbocycles. The molecule has 35 heavy (non-hydrogen) atoms. The predicted molar refractivity (Wildman–Crippen MR) is 137 cm³/mol. The minimum absolute atomic E-state index is 0.0355. The fraction of sp³-hybridized carbons (Fsp3) is 0.185. The lowest BCUT2D eigenvalue weighted by Gasteiger charge is -2.23. The topological polar surface area (TPSA) is 74.1 Å². The third-order valence-electron chi connectivity index (χ3n) is 5.90. The number of anilines is 1. The molecule has 2 aliphatic rings. The number of rotatable bonds is 5. The SMILES string of the molecule is Cc1ccc(C2=NN(C3=NC(=O)C(CC(=O)Nc4ccc(F)cc4)S3)C(c3ccccc3)C2)cc1. The summed E-state index contributed by atoms with van der Waals surface area (Å²) in [6.45, 7) is 2.04. The maximum absolute atomic E-state index is 13.1. The number of nitrogens with zero attached hydrogens (tertiary/aromatic N) is 3. The number of amidine groups is 1. The number of carbonyl (C=O) groups excluding carboxylic acids is 2. The largest absolute Gasteiger partial charge is 0.326 e. The second-order valence-electron chi connectivity index (χ2n) is 8.49. The molecule has 2 atom stereocenters. The molecule has 0 spiro atoms. The lowest BCUT2D eigenvalue weighted by Crippen LogP contribution is -2.25. The van der Waals surface area contributed by atoms with E-state index < -0.39 is 5.25 Å². The molecule has 0 fully saturated rings. The highest BCUT2D eigenvalue weighted by atomic mass is 32.2. The van der Waals surface area contributed by atoms with E-state index in [4.69, 9.17) is 5.10 Å². The number of hydrogen-bond acceptors (Lipinski definition) is 5. The van der Waals surface area contributed by atoms with E-state index in [2.05, 4.69) is 34.6 Å². The first kappa shape index (κ1) is 23.0. The summed E-state index contributed by atoms with van der Waals surface area (Å²) >= 11 is 1.25. The van der Waals surface area contributed by atoms with Gasteiger partial charge in [-0.1, -0.05) is 71.9 Å². The number of aliphatic imine (C=N–C) groups is 1. The highest BCUT2D eigenvalue weighted by Crippen LogP contribution is 2.38. The fourth-order valence-electron chi connectivity index (χ4n) is 4.06. The van der Waals surface area contributed by atoms with Crippen LogP contribution in [0.15, 0.2) is 89.0 Å². The van der Waals surface area contributed by atoms with Crippen LogP contribution < -0.4 is 5.32 Å². The normalized spacial score (nSPS) is 19.5. The van der Waals surface area contributed by atoms with E-state index in [1.807, 2.05) is 42.3 Å². The molecule has 0 aromatic heterocycles. The van der Waals surface area contributed by atoms with Crippen molar-refractivity contribution in [3.8, 4) is 0 Å². The Balaban J connectivity index is 1.33. The number of benzene rings is 3. The Morgan fingerprint density at radius 1 is 1.06 bits per heavy atom. The molecule has 0 saturated carbocycles. The molecule has 5 rings (SSSR count). The Kier molecular flexibility index (Phi) is 6.46. The summed E-state index contributed by atoms with van der Waals surface area (Å²) in [6.07, 6.45) is 0.642. The number of hydrazone groups is 1. The van der Waals surface area contributed by atoms with Crippen LogP contribution in [0.2, 0.25) is 0 Å². The average molecular weight is 487 g/mol. The zero-order valence-electron chi connectivity index (χ0n) is 19.0. The van der Waals surface area contributed by atoms with Crippen molar-refractivity contribution in [3.63, 3.8) is 0 Å². The van der Waals surface area contributed by atoms with Crippen LogP contribution in [0.4, 0.5) is 10.1 Å². The molecular weight excluding hydrogens is 463 g/mol. The van der Waals surface area contributed by atoms with Gasteiger partial charge in [-0.3, -0.25) is 9.59 Å². The van der Waals surface area contributed by atoms with E-state index in [1.165, 1.54) is 41.6 Å². The molecule has 2 heterocycles. The zero-order valence-corrected chi connectivity index (χ0v) is 19.8. The number of carbonyl (C=O) groups is 2. The third kappa shape index (κ3) is 5.17. The number of hydrogen-bond donors (Lipinski definition) is 1. The van der Waals surface area contributed by atoms with Crippen molar-refractivity contribution in [2.24, 2.45) is 10.1 Å². The molecule has 3 aromatic rings. The van der Waals surface area contributed by atoms with E-state index in [0.29, 0.717) is 17.3 Å². The van der Waals surface area contributed by atoms with Gasteiger partial charge in [0.15, 0.2) is 5.17 Å². The summed E-state index contributed by atoms with van der Waals surface area (Å²) in [5, 5.41) is 9.23. The molecule has 1 N–H and O–H groups in total. The number of aryl methyl sites for hydroxylation is 1. The van der Waals surface area contributed by atoms with E-state index in [0.717, 1.165) is 16.8 Å². The quantitative estimate of drug-likeness (QED) is 0.530. The maximum Gasteiger partial charge on any atom is 0.262 e. The van der Waals surface area contributed by atoms with E-state index in [9.17, 15) is 14.0 Å². The van der Waals surface area contributed by atoms with Crippen LogP contribution >= 0.6 is 11.8 Å². The van der Waals surface area contributed by atoms with Crippen LogP contribution in [-0.4, -0.2) is 33.0 Å². The van der Waals surface area contributed by atoms with Crippen molar-refractivity contribution in [2.75, 3.05) is 5.32 Å². The summed E-state index contributed by atoms with van der Waals surface area (Å²) < 4.78 is 13.1. The second-order valence-corrected chi connectivity index (χ2v) is 9.66. The lowest BCUT2D eigenvalue weighted by atomic mass is 9.98. The van der Waals surface area contributed by atoms with Crippen LogP contribution in [0.5, 0.6) is 0 Å². The van der Waals surface area contributed by atoms with Gasteiger partial charge in [-0.2, -0.15) is 10.1 Å². The predicted octanol–water partition coefficient (Wildman–Crippen LogP) is 5.31. The van der Waals surface area contributed by atoms with Crippen LogP contribution in [0.1, 0.15) is 35.6 Å². The molecule has 2 amide bonds. The van der Waals surface area contributed by atoms with Gasteiger partial charge >= 0.3 is 0 Å². The van der Waals surface area contributed by atoms with Gasteiger partial charge in [0.1, 0.15) is 11.1 Å². The first-order valence-electron chi connectivity index (χ1n) is 11.3. The summed E-state index contributed by atoms with van der Waals surface area (Å²) in [5.74, 6) is -1.07. The smallest absolute Gasteiger partial charge is 0.262 e. The van der Waals surface area contributed by atoms with E-state index in [-0.39, 0.29) is 30.1 Å². The lowest BCUT2D eigenvalue weighted by molar-refractivity contribution is -0.121. The Bertz CT molecular complexity index is 1310. The van der Waals surface area contributed by atoms with Gasteiger partial charge in [0.2, 0.25) is 5.91 Å². The minimum Gasteiger partial charge on any atom is -0.326 e. The van der Waals surface area contributed by atoms with Crippen LogP contribution in [0, 0.1) is 12.7 Å². The minimum atomic E-state index is -0.638. The Morgan fingerprint density at radius 2 is 1.77 bits per heavy atom. The third-order valence-corrected chi connectivity index (χ3v) is 7.05. The molecule has 0 bridgehead atoms. The Labute approximate surface area is 207 Å². The zero-order chi connectivity index (χ0) is 24.4. The van der Waals surface area contributed by atoms with Crippen molar-refractivity contribution in [3.05, 3.63) is 101 Å². The molecule has 6 nitrogen and oxygen atoms in total. The molecule has 8 heteroatoms. The first-order valence-corrected chi connectivity index (χ1v) is 12.2. The second kappa shape index (κ2) is 9.84. The first-order chi connectivity index (χ1) is 17.0. The number of nitrogens with one attached hydrogen (secondary N) is 1. The maximum atomic E-state index is 13.1. The van der Waals surface area contributed by atoms with Gasteiger partial charge in [0.05, 0.1) is 11.8 Å². The molecule has 0 saturated heterocycles. The highest BCUT2D eigenvalue weighted by molar-refractivity contribution is 8.15. The Hall–Kier alpha value is -3.78. The van der Waals surface area contributed by atoms with Crippen molar-refractivity contribution >= 4 is 40.1 Å². The Morgan fingerprint density at radius 3 is 2.49 bits per heavy atom. The highest BCUT2D eigenvalue weighted by Gasteiger charge is 2.39. The molecule has 0 radical (unpaired) electrons. The molecule has 0 aliphatic carbocycles. The van der Waals surface area contributed by atoms with Gasteiger partial charge in [-0.15, -0.1) is 0 Å². The van der Waals surface area contributed by atoms with Crippen molar-refractivity contribution in [2.45, 2.75) is 31.1 Å². The summed E-state index contributed by atoms with van der Waals surface area (Å²) in [4.78, 5) is 29.5. The monoisotopic (exact) mass is 486 g/mol. The standard InChI is InChI=1S/C27H23FN4O2S/c1-17-7-9-18(10-8-17)22-15-23(19-5-3-2-4-6-19)32(31-22)27-30-26(34)24(35-27)16-25(33)29-21-13-11-20(28)12-14-21/h2-14,23-24H,15-16H2,1H3,(H,29,33). The number of thioether (sulfide) groups is 1. The van der Waals surface area contributed by atoms with Gasteiger partial charge in [0.25, 0.3) is 5.91 Å². The van der Waals surface area contributed by atoms with Gasteiger partial charge < -0.3 is 5.32 Å². The molecular formula is C27H23FN4O2S. The van der Waals surface area contributed by atoms with Gasteiger partial charge in [-0.05, 0) is 42.3 Å². The van der Waals surface area contributed by atoms with E-state index >= 15 is 0 Å². The average Bonchev–Trinajstić information content (AvgIpc) is 3.46. The number of amides is 2. The number of halogens is 1. The molecule has 2 aliphatic heterocycles. The van der Waals surface area contributed by atoms with Gasteiger partial charge in [0, 0.05) is 18.5 Å². The fourth-order valence-corrected chi connectivity index (χ4v) is 5.12. The van der Waals surface area contributed by atoms with Crippen LogP contribution in [0.3, 0.4) is 0 Å². The molecule has 176 valence electrons. The summed E-state index contributed by atoms with van der Waals surface area (Å²) in [6, 6.07) is 23.6. The van der Waals surface area contributed by atoms with Crippen LogP contribution in [-0.2, 0) is 9.59 Å².